The summed E-state index contributed by atoms with van der Waals surface area (Å²) in [7, 11) is 0. The highest BCUT2D eigenvalue weighted by molar-refractivity contribution is 5.80. The molecule has 0 aliphatic carbocycles. The van der Waals surface area contributed by atoms with Crippen molar-refractivity contribution < 1.29 is 4.79 Å². The number of carbonyl (C=O) groups is 1. The first-order valence-electron chi connectivity index (χ1n) is 5.83. The van der Waals surface area contributed by atoms with Crippen molar-refractivity contribution in [2.24, 2.45) is 0 Å². The van der Waals surface area contributed by atoms with Crippen LogP contribution in [0.25, 0.3) is 0 Å². The van der Waals surface area contributed by atoms with Gasteiger partial charge in [0, 0.05) is 24.9 Å². The number of hydrogen-bond donors (Lipinski definition) is 0. The van der Waals surface area contributed by atoms with E-state index in [1.807, 2.05) is 0 Å². The fraction of sp³-hybridized carbons (Fsp3) is 0.917. The van der Waals surface area contributed by atoms with Gasteiger partial charge in [0.1, 0.15) is 5.78 Å². The van der Waals surface area contributed by atoms with Crippen molar-refractivity contribution in [1.82, 2.24) is 4.90 Å². The fourth-order valence-electron chi connectivity index (χ4n) is 2.21. The number of nitrogens with zero attached hydrogens (tertiary/aromatic N) is 1. The average Bonchev–Trinajstić information content (AvgIpc) is 2.08. The van der Waals surface area contributed by atoms with E-state index in [9.17, 15) is 4.79 Å². The molecule has 0 atom stereocenters. The summed E-state index contributed by atoms with van der Waals surface area (Å²) in [6.07, 6.45) is 5.34. The Balaban J connectivity index is 2.39. The summed E-state index contributed by atoms with van der Waals surface area (Å²) in [4.78, 5) is 13.8. The first-order valence-corrected chi connectivity index (χ1v) is 5.83. The lowest BCUT2D eigenvalue weighted by molar-refractivity contribution is -0.125. The third-order valence-corrected chi connectivity index (χ3v) is 3.18. The molecule has 0 spiro atoms. The molecule has 1 aliphatic heterocycles. The monoisotopic (exact) mass is 197 g/mol. The minimum absolute atomic E-state index is 0.100. The van der Waals surface area contributed by atoms with E-state index in [2.05, 4.69) is 25.7 Å². The molecular weight excluding hydrogens is 174 g/mol. The van der Waals surface area contributed by atoms with E-state index in [0.717, 1.165) is 25.9 Å². The predicted molar refractivity (Wildman–Crippen MR) is 59.4 cm³/mol. The Labute approximate surface area is 87.7 Å². The average molecular weight is 197 g/mol. The van der Waals surface area contributed by atoms with E-state index in [0.29, 0.717) is 5.78 Å². The molecule has 2 heteroatoms. The summed E-state index contributed by atoms with van der Waals surface area (Å²) in [5.74, 6) is 0.432. The van der Waals surface area contributed by atoms with Gasteiger partial charge in [0.15, 0.2) is 0 Å². The van der Waals surface area contributed by atoms with Gasteiger partial charge in [0.25, 0.3) is 0 Å². The molecule has 0 unspecified atom stereocenters. The summed E-state index contributed by atoms with van der Waals surface area (Å²) in [6.45, 7) is 8.74. The van der Waals surface area contributed by atoms with Crippen LogP contribution >= 0.6 is 0 Å². The number of likely N-dealkylation sites (tertiary alicyclic amines) is 1. The third-order valence-electron chi connectivity index (χ3n) is 3.18. The first kappa shape index (κ1) is 11.7. The zero-order valence-electron chi connectivity index (χ0n) is 9.81. The molecule has 82 valence electrons. The minimum atomic E-state index is 0.100. The molecule has 14 heavy (non-hydrogen) atoms. The largest absolute Gasteiger partial charge is 0.300 e. The zero-order valence-corrected chi connectivity index (χ0v) is 9.81. The molecule has 0 aromatic carbocycles. The number of unbranched alkanes of at least 4 members (excludes halogenated alkanes) is 2. The second-order valence-corrected chi connectivity index (χ2v) is 4.97. The molecule has 0 aromatic heterocycles. The molecule has 0 amide bonds. The number of ketones is 1. The Kier molecular flexibility index (Phi) is 4.11. The Hall–Kier alpha value is -0.370. The van der Waals surface area contributed by atoms with Gasteiger partial charge in [-0.25, -0.2) is 0 Å². The zero-order chi connectivity index (χ0) is 10.6. The van der Waals surface area contributed by atoms with Gasteiger partial charge in [0.2, 0.25) is 0 Å². The van der Waals surface area contributed by atoms with E-state index in [4.69, 9.17) is 0 Å². The molecule has 1 saturated heterocycles. The van der Waals surface area contributed by atoms with Crippen LogP contribution in [0.5, 0.6) is 0 Å². The number of rotatable bonds is 4. The van der Waals surface area contributed by atoms with Crippen LogP contribution in [0.1, 0.15) is 52.9 Å². The van der Waals surface area contributed by atoms with E-state index in [1.165, 1.54) is 19.3 Å². The summed E-state index contributed by atoms with van der Waals surface area (Å²) in [5, 5.41) is 0. The SMILES string of the molecule is CCCCCN1CCC(=O)CC1(C)C. The van der Waals surface area contributed by atoms with Crippen molar-refractivity contribution >= 4 is 5.78 Å². The summed E-state index contributed by atoms with van der Waals surface area (Å²) < 4.78 is 0. The summed E-state index contributed by atoms with van der Waals surface area (Å²) >= 11 is 0. The molecule has 0 bridgehead atoms. The molecule has 1 heterocycles. The second kappa shape index (κ2) is 4.92. The lowest BCUT2D eigenvalue weighted by Gasteiger charge is -2.41. The molecule has 0 radical (unpaired) electrons. The molecule has 1 rings (SSSR count). The van der Waals surface area contributed by atoms with Crippen molar-refractivity contribution in [1.29, 1.82) is 0 Å². The number of carbonyl (C=O) groups excluding carboxylic acids is 1. The topological polar surface area (TPSA) is 20.3 Å². The van der Waals surface area contributed by atoms with Crippen LogP contribution in [0, 0.1) is 0 Å². The predicted octanol–water partition coefficient (Wildman–Crippen LogP) is 2.62. The number of Topliss-reactive ketones (excluding diaryl/α,β-unsaturated/α-hetero) is 1. The van der Waals surface area contributed by atoms with Gasteiger partial charge >= 0.3 is 0 Å². The van der Waals surface area contributed by atoms with Crippen LogP contribution in [0.3, 0.4) is 0 Å². The Morgan fingerprint density at radius 2 is 2.07 bits per heavy atom. The van der Waals surface area contributed by atoms with Gasteiger partial charge in [-0.3, -0.25) is 9.69 Å². The van der Waals surface area contributed by atoms with E-state index < -0.39 is 0 Å². The lowest BCUT2D eigenvalue weighted by atomic mass is 9.89. The Morgan fingerprint density at radius 1 is 1.36 bits per heavy atom. The van der Waals surface area contributed by atoms with Gasteiger partial charge in [-0.1, -0.05) is 19.8 Å². The van der Waals surface area contributed by atoms with Crippen LogP contribution < -0.4 is 0 Å². The maximum atomic E-state index is 11.3. The highest BCUT2D eigenvalue weighted by Gasteiger charge is 2.32. The minimum Gasteiger partial charge on any atom is -0.300 e. The van der Waals surface area contributed by atoms with Crippen LogP contribution in [0.2, 0.25) is 0 Å². The van der Waals surface area contributed by atoms with Crippen LogP contribution in [0.4, 0.5) is 0 Å². The van der Waals surface area contributed by atoms with Crippen LogP contribution in [0.15, 0.2) is 0 Å². The standard InChI is InChI=1S/C12H23NO/c1-4-5-6-8-13-9-7-11(14)10-12(13,2)3/h4-10H2,1-3H3. The van der Waals surface area contributed by atoms with E-state index >= 15 is 0 Å². The van der Waals surface area contributed by atoms with E-state index in [1.54, 1.807) is 0 Å². The molecule has 0 N–H and O–H groups in total. The van der Waals surface area contributed by atoms with Gasteiger partial charge in [-0.05, 0) is 26.8 Å². The molecule has 2 nitrogen and oxygen atoms in total. The normalized spacial score (nSPS) is 22.6. The Bertz CT molecular complexity index is 198. The highest BCUT2D eigenvalue weighted by Crippen LogP contribution is 2.25. The van der Waals surface area contributed by atoms with Gasteiger partial charge in [-0.15, -0.1) is 0 Å². The number of piperidine rings is 1. The molecule has 1 fully saturated rings. The van der Waals surface area contributed by atoms with Crippen LogP contribution in [-0.4, -0.2) is 29.3 Å². The fourth-order valence-corrected chi connectivity index (χ4v) is 2.21. The Morgan fingerprint density at radius 3 is 2.64 bits per heavy atom. The van der Waals surface area contributed by atoms with Gasteiger partial charge < -0.3 is 0 Å². The molecule has 1 aliphatic rings. The first-order chi connectivity index (χ1) is 6.56. The van der Waals surface area contributed by atoms with Gasteiger partial charge in [0.05, 0.1) is 0 Å². The molecule has 0 saturated carbocycles. The van der Waals surface area contributed by atoms with Crippen LogP contribution in [-0.2, 0) is 4.79 Å². The second-order valence-electron chi connectivity index (χ2n) is 4.97. The van der Waals surface area contributed by atoms with Crippen molar-refractivity contribution in [3.63, 3.8) is 0 Å². The van der Waals surface area contributed by atoms with Crippen molar-refractivity contribution in [2.45, 2.75) is 58.4 Å². The quantitative estimate of drug-likeness (QED) is 0.646. The van der Waals surface area contributed by atoms with E-state index in [-0.39, 0.29) is 5.54 Å². The molecule has 0 aromatic rings. The van der Waals surface area contributed by atoms with Gasteiger partial charge in [-0.2, -0.15) is 0 Å². The third kappa shape index (κ3) is 3.09. The number of hydrogen-bond acceptors (Lipinski definition) is 2. The maximum absolute atomic E-state index is 11.3. The smallest absolute Gasteiger partial charge is 0.136 e. The molecular formula is C12H23NO. The highest BCUT2D eigenvalue weighted by atomic mass is 16.1. The summed E-state index contributed by atoms with van der Waals surface area (Å²) in [5.41, 5.74) is 0.100. The van der Waals surface area contributed by atoms with Crippen molar-refractivity contribution in [3.8, 4) is 0 Å². The summed E-state index contributed by atoms with van der Waals surface area (Å²) in [6, 6.07) is 0. The lowest BCUT2D eigenvalue weighted by Crippen LogP contribution is -2.50. The maximum Gasteiger partial charge on any atom is 0.136 e. The van der Waals surface area contributed by atoms with Crippen molar-refractivity contribution in [2.75, 3.05) is 13.1 Å². The van der Waals surface area contributed by atoms with Crippen molar-refractivity contribution in [3.05, 3.63) is 0 Å².